The lowest BCUT2D eigenvalue weighted by atomic mass is 10.1. The molecule has 5 N–H and O–H groups in total. The fourth-order valence-corrected chi connectivity index (χ4v) is 1.89. The average Bonchev–Trinajstić information content (AvgIpc) is 2.46. The van der Waals surface area contributed by atoms with Crippen LogP contribution in [0.3, 0.4) is 0 Å². The van der Waals surface area contributed by atoms with Crippen molar-refractivity contribution in [1.29, 1.82) is 0 Å². The molecule has 2 aromatic rings. The van der Waals surface area contributed by atoms with E-state index in [0.29, 0.717) is 17.8 Å². The number of nitrogens with two attached hydrogens (primary N) is 2. The molecule has 4 heteroatoms. The van der Waals surface area contributed by atoms with Crippen LogP contribution in [0.1, 0.15) is 22.0 Å². The number of hydrogen-bond acceptors (Lipinski definition) is 3. The molecule has 0 saturated heterocycles. The third-order valence-electron chi connectivity index (χ3n) is 2.93. The van der Waals surface area contributed by atoms with Crippen LogP contribution in [0.4, 0.5) is 5.69 Å². The minimum atomic E-state index is -0.448. The first-order valence-corrected chi connectivity index (χ1v) is 6.11. The van der Waals surface area contributed by atoms with E-state index < -0.39 is 5.91 Å². The Balaban J connectivity index is 2.05. The number of anilines is 1. The molecule has 0 spiro atoms. The normalized spacial score (nSPS) is 11.8. The summed E-state index contributed by atoms with van der Waals surface area (Å²) in [5, 5.41) is 3.17. The molecular weight excluding hydrogens is 238 g/mol. The van der Waals surface area contributed by atoms with Crippen molar-refractivity contribution in [1.82, 2.24) is 0 Å². The van der Waals surface area contributed by atoms with Gasteiger partial charge >= 0.3 is 0 Å². The number of nitrogens with one attached hydrogen (secondary N) is 1. The number of carbonyl (C=O) groups is 1. The summed E-state index contributed by atoms with van der Waals surface area (Å²) < 4.78 is 0. The van der Waals surface area contributed by atoms with Gasteiger partial charge < -0.3 is 16.8 Å². The quantitative estimate of drug-likeness (QED) is 0.763. The standard InChI is InChI=1S/C15H17N3O/c16-13(11-6-2-1-3-7-11)10-18-14-9-5-4-8-12(14)15(17)19/h1-9,13,18H,10,16H2,(H2,17,19). The van der Waals surface area contributed by atoms with Gasteiger partial charge in [0.1, 0.15) is 0 Å². The van der Waals surface area contributed by atoms with Crippen molar-refractivity contribution >= 4 is 11.6 Å². The first-order valence-electron chi connectivity index (χ1n) is 6.11. The van der Waals surface area contributed by atoms with E-state index in [1.807, 2.05) is 42.5 Å². The van der Waals surface area contributed by atoms with Gasteiger partial charge in [-0.2, -0.15) is 0 Å². The van der Waals surface area contributed by atoms with Crippen LogP contribution in [-0.2, 0) is 0 Å². The maximum atomic E-state index is 11.3. The number of amides is 1. The van der Waals surface area contributed by atoms with E-state index in [1.54, 1.807) is 12.1 Å². The molecule has 1 amide bonds. The summed E-state index contributed by atoms with van der Waals surface area (Å²) >= 11 is 0. The van der Waals surface area contributed by atoms with Crippen molar-refractivity contribution in [3.63, 3.8) is 0 Å². The fourth-order valence-electron chi connectivity index (χ4n) is 1.89. The minimum absolute atomic E-state index is 0.137. The van der Waals surface area contributed by atoms with Crippen LogP contribution in [0.15, 0.2) is 54.6 Å². The van der Waals surface area contributed by atoms with Crippen LogP contribution >= 0.6 is 0 Å². The van der Waals surface area contributed by atoms with Crippen LogP contribution < -0.4 is 16.8 Å². The van der Waals surface area contributed by atoms with Crippen LogP contribution in [-0.4, -0.2) is 12.5 Å². The third-order valence-corrected chi connectivity index (χ3v) is 2.93. The molecule has 0 aliphatic heterocycles. The molecule has 98 valence electrons. The van der Waals surface area contributed by atoms with Gasteiger partial charge in [0, 0.05) is 18.3 Å². The summed E-state index contributed by atoms with van der Waals surface area (Å²) in [5.41, 5.74) is 13.6. The van der Waals surface area contributed by atoms with Crippen LogP contribution in [0.2, 0.25) is 0 Å². The highest BCUT2D eigenvalue weighted by atomic mass is 16.1. The molecule has 1 atom stereocenters. The van der Waals surface area contributed by atoms with Gasteiger partial charge in [0.05, 0.1) is 5.56 Å². The maximum absolute atomic E-state index is 11.3. The van der Waals surface area contributed by atoms with E-state index in [9.17, 15) is 4.79 Å². The molecule has 1 unspecified atom stereocenters. The van der Waals surface area contributed by atoms with Crippen molar-refractivity contribution in [2.45, 2.75) is 6.04 Å². The van der Waals surface area contributed by atoms with E-state index >= 15 is 0 Å². The van der Waals surface area contributed by atoms with Crippen molar-refractivity contribution in [3.8, 4) is 0 Å². The molecule has 0 heterocycles. The molecule has 0 aliphatic rings. The predicted octanol–water partition coefficient (Wildman–Crippen LogP) is 1.90. The zero-order chi connectivity index (χ0) is 13.7. The minimum Gasteiger partial charge on any atom is -0.382 e. The summed E-state index contributed by atoms with van der Waals surface area (Å²) in [6.45, 7) is 0.536. The number of hydrogen-bond donors (Lipinski definition) is 3. The highest BCUT2D eigenvalue weighted by Crippen LogP contribution is 2.16. The van der Waals surface area contributed by atoms with Crippen molar-refractivity contribution in [2.24, 2.45) is 11.5 Å². The van der Waals surface area contributed by atoms with Gasteiger partial charge in [-0.05, 0) is 17.7 Å². The second-order valence-electron chi connectivity index (χ2n) is 4.31. The highest BCUT2D eigenvalue weighted by molar-refractivity contribution is 5.98. The van der Waals surface area contributed by atoms with Crippen LogP contribution in [0.25, 0.3) is 0 Å². The highest BCUT2D eigenvalue weighted by Gasteiger charge is 2.09. The monoisotopic (exact) mass is 255 g/mol. The van der Waals surface area contributed by atoms with Gasteiger partial charge in [-0.15, -0.1) is 0 Å². The molecule has 0 aliphatic carbocycles. The second-order valence-corrected chi connectivity index (χ2v) is 4.31. The molecule has 19 heavy (non-hydrogen) atoms. The third kappa shape index (κ3) is 3.33. The van der Waals surface area contributed by atoms with Gasteiger partial charge in [0.2, 0.25) is 0 Å². The second kappa shape index (κ2) is 6.02. The Labute approximate surface area is 112 Å². The molecule has 0 aromatic heterocycles. The molecular formula is C15H17N3O. The number of carbonyl (C=O) groups excluding carboxylic acids is 1. The van der Waals surface area contributed by atoms with E-state index in [-0.39, 0.29) is 6.04 Å². The van der Waals surface area contributed by atoms with E-state index in [0.717, 1.165) is 5.56 Å². The molecule has 0 saturated carbocycles. The zero-order valence-corrected chi connectivity index (χ0v) is 10.5. The maximum Gasteiger partial charge on any atom is 0.250 e. The first-order chi connectivity index (χ1) is 9.18. The Bertz CT molecular complexity index is 554. The van der Waals surface area contributed by atoms with E-state index in [1.165, 1.54) is 0 Å². The summed E-state index contributed by atoms with van der Waals surface area (Å²) in [6.07, 6.45) is 0. The van der Waals surface area contributed by atoms with E-state index in [2.05, 4.69) is 5.32 Å². The topological polar surface area (TPSA) is 81.1 Å². The Hall–Kier alpha value is -2.33. The summed E-state index contributed by atoms with van der Waals surface area (Å²) in [7, 11) is 0. The average molecular weight is 255 g/mol. The SMILES string of the molecule is NC(=O)c1ccccc1NCC(N)c1ccccc1. The van der Waals surface area contributed by atoms with Gasteiger partial charge in [-0.3, -0.25) is 4.79 Å². The van der Waals surface area contributed by atoms with Crippen molar-refractivity contribution in [2.75, 3.05) is 11.9 Å². The van der Waals surface area contributed by atoms with Gasteiger partial charge in [-0.25, -0.2) is 0 Å². The predicted molar refractivity (Wildman–Crippen MR) is 76.8 cm³/mol. The number of primary amides is 1. The van der Waals surface area contributed by atoms with Gasteiger partial charge in [0.25, 0.3) is 5.91 Å². The lowest BCUT2D eigenvalue weighted by molar-refractivity contribution is 0.100. The number of para-hydroxylation sites is 1. The van der Waals surface area contributed by atoms with Gasteiger partial charge in [-0.1, -0.05) is 42.5 Å². The van der Waals surface area contributed by atoms with E-state index in [4.69, 9.17) is 11.5 Å². The molecule has 0 radical (unpaired) electrons. The Kier molecular flexibility index (Phi) is 4.15. The molecule has 0 fully saturated rings. The van der Waals surface area contributed by atoms with Gasteiger partial charge in [0.15, 0.2) is 0 Å². The van der Waals surface area contributed by atoms with Crippen LogP contribution in [0, 0.1) is 0 Å². The largest absolute Gasteiger partial charge is 0.382 e. The van der Waals surface area contributed by atoms with Crippen molar-refractivity contribution < 1.29 is 4.79 Å². The summed E-state index contributed by atoms with van der Waals surface area (Å²) in [5.74, 6) is -0.448. The molecule has 2 aromatic carbocycles. The lowest BCUT2D eigenvalue weighted by Gasteiger charge is -2.15. The summed E-state index contributed by atoms with van der Waals surface area (Å²) in [6, 6.07) is 16.8. The number of benzene rings is 2. The summed E-state index contributed by atoms with van der Waals surface area (Å²) in [4.78, 5) is 11.3. The smallest absolute Gasteiger partial charge is 0.250 e. The fraction of sp³-hybridized carbons (Fsp3) is 0.133. The molecule has 0 bridgehead atoms. The zero-order valence-electron chi connectivity index (χ0n) is 10.5. The molecule has 2 rings (SSSR count). The van der Waals surface area contributed by atoms with Crippen molar-refractivity contribution in [3.05, 3.63) is 65.7 Å². The molecule has 4 nitrogen and oxygen atoms in total. The Morgan fingerprint density at radius 3 is 2.37 bits per heavy atom. The lowest BCUT2D eigenvalue weighted by Crippen LogP contribution is -2.22. The number of rotatable bonds is 5. The Morgan fingerprint density at radius 1 is 1.05 bits per heavy atom. The van der Waals surface area contributed by atoms with Crippen LogP contribution in [0.5, 0.6) is 0 Å². The first kappa shape index (κ1) is 13.1. The Morgan fingerprint density at radius 2 is 1.68 bits per heavy atom.